The van der Waals surface area contributed by atoms with E-state index in [2.05, 4.69) is 19.2 Å². The number of anilines is 2. The first kappa shape index (κ1) is 14.8. The van der Waals surface area contributed by atoms with Gasteiger partial charge < -0.3 is 11.1 Å². The summed E-state index contributed by atoms with van der Waals surface area (Å²) < 4.78 is 0. The van der Waals surface area contributed by atoms with Crippen LogP contribution < -0.4 is 11.1 Å². The minimum atomic E-state index is 0.340. The molecule has 1 rings (SSSR count). The highest BCUT2D eigenvalue weighted by molar-refractivity contribution is 7.99. The highest BCUT2D eigenvalue weighted by Gasteiger charge is 2.10. The van der Waals surface area contributed by atoms with Gasteiger partial charge in [0.25, 0.3) is 0 Å². The Morgan fingerprint density at radius 2 is 1.94 bits per heavy atom. The van der Waals surface area contributed by atoms with Gasteiger partial charge in [0.05, 0.1) is 15.7 Å². The van der Waals surface area contributed by atoms with Crippen LogP contribution in [0.2, 0.25) is 10.0 Å². The number of nitrogens with two attached hydrogens (primary N) is 1. The van der Waals surface area contributed by atoms with Gasteiger partial charge in [-0.3, -0.25) is 0 Å². The van der Waals surface area contributed by atoms with Crippen LogP contribution in [0.1, 0.15) is 20.3 Å². The number of hydrogen-bond donors (Lipinski definition) is 2. The maximum absolute atomic E-state index is 6.11. The van der Waals surface area contributed by atoms with Gasteiger partial charge in [0.15, 0.2) is 0 Å². The van der Waals surface area contributed by atoms with E-state index in [9.17, 15) is 0 Å². The van der Waals surface area contributed by atoms with E-state index >= 15 is 0 Å². The Bertz CT molecular complexity index is 349. The molecule has 5 heteroatoms. The summed E-state index contributed by atoms with van der Waals surface area (Å²) in [5, 5.41) is 4.48. The molecular weight excluding hydrogens is 275 g/mol. The Morgan fingerprint density at radius 3 is 2.47 bits per heavy atom. The van der Waals surface area contributed by atoms with Gasteiger partial charge in [-0.05, 0) is 37.0 Å². The number of nitrogens with one attached hydrogen (secondary N) is 1. The Kier molecular flexibility index (Phi) is 6.31. The summed E-state index contributed by atoms with van der Waals surface area (Å²) in [6, 6.07) is 3.76. The van der Waals surface area contributed by atoms with Crippen molar-refractivity contribution in [3.05, 3.63) is 22.2 Å². The standard InChI is InChI=1S/C12H18Cl2N2S/c1-3-17-5-4-8(2)16-12-10(13)6-9(15)7-11(12)14/h6-8,16H,3-5,15H2,1-2H3. The maximum atomic E-state index is 6.11. The number of nitrogen functional groups attached to an aromatic ring is 1. The van der Waals surface area contributed by atoms with Crippen molar-refractivity contribution < 1.29 is 0 Å². The number of benzene rings is 1. The third-order valence-electron chi connectivity index (χ3n) is 2.35. The van der Waals surface area contributed by atoms with Gasteiger partial charge in [0.2, 0.25) is 0 Å². The molecule has 0 aliphatic carbocycles. The summed E-state index contributed by atoms with van der Waals surface area (Å²) >= 11 is 14.1. The van der Waals surface area contributed by atoms with Crippen molar-refractivity contribution in [1.82, 2.24) is 0 Å². The number of thioether (sulfide) groups is 1. The Labute approximate surface area is 117 Å². The smallest absolute Gasteiger partial charge is 0.0722 e. The minimum Gasteiger partial charge on any atom is -0.399 e. The van der Waals surface area contributed by atoms with Crippen LogP contribution in [-0.4, -0.2) is 17.5 Å². The third kappa shape index (κ3) is 4.86. The second-order valence-electron chi connectivity index (χ2n) is 3.89. The van der Waals surface area contributed by atoms with Crippen LogP contribution in [-0.2, 0) is 0 Å². The summed E-state index contributed by atoms with van der Waals surface area (Å²) in [7, 11) is 0. The van der Waals surface area contributed by atoms with E-state index in [1.807, 2.05) is 11.8 Å². The van der Waals surface area contributed by atoms with Crippen LogP contribution in [0.25, 0.3) is 0 Å². The van der Waals surface area contributed by atoms with Gasteiger partial charge in [0, 0.05) is 11.7 Å². The lowest BCUT2D eigenvalue weighted by atomic mass is 10.2. The van der Waals surface area contributed by atoms with E-state index in [-0.39, 0.29) is 0 Å². The first-order chi connectivity index (χ1) is 8.04. The van der Waals surface area contributed by atoms with E-state index in [4.69, 9.17) is 28.9 Å². The normalized spacial score (nSPS) is 12.5. The largest absolute Gasteiger partial charge is 0.399 e. The van der Waals surface area contributed by atoms with E-state index in [1.54, 1.807) is 12.1 Å². The first-order valence-electron chi connectivity index (χ1n) is 5.63. The summed E-state index contributed by atoms with van der Waals surface area (Å²) in [6.45, 7) is 4.29. The molecule has 0 aliphatic heterocycles. The van der Waals surface area contributed by atoms with E-state index in [0.29, 0.717) is 21.8 Å². The molecule has 0 amide bonds. The SMILES string of the molecule is CCSCCC(C)Nc1c(Cl)cc(N)cc1Cl. The fourth-order valence-corrected chi connectivity index (χ4v) is 2.88. The number of hydrogen-bond acceptors (Lipinski definition) is 3. The molecular formula is C12H18Cl2N2S. The van der Waals surface area contributed by atoms with Gasteiger partial charge in [-0.2, -0.15) is 11.8 Å². The fourth-order valence-electron chi connectivity index (χ4n) is 1.45. The number of halogens is 2. The maximum Gasteiger partial charge on any atom is 0.0722 e. The predicted molar refractivity (Wildman–Crippen MR) is 81.6 cm³/mol. The Morgan fingerprint density at radius 1 is 1.35 bits per heavy atom. The molecule has 96 valence electrons. The molecule has 2 nitrogen and oxygen atoms in total. The van der Waals surface area contributed by atoms with Gasteiger partial charge in [-0.1, -0.05) is 30.1 Å². The molecule has 0 aromatic heterocycles. The molecule has 1 aromatic rings. The average Bonchev–Trinajstić information content (AvgIpc) is 2.24. The Hall–Kier alpha value is -0.250. The van der Waals surface area contributed by atoms with Crippen LogP contribution in [0.5, 0.6) is 0 Å². The van der Waals surface area contributed by atoms with Crippen molar-refractivity contribution >= 4 is 46.3 Å². The minimum absolute atomic E-state index is 0.340. The molecule has 0 bridgehead atoms. The first-order valence-corrected chi connectivity index (χ1v) is 7.54. The molecule has 0 aliphatic rings. The van der Waals surface area contributed by atoms with Crippen LogP contribution >= 0.6 is 35.0 Å². The van der Waals surface area contributed by atoms with E-state index in [1.165, 1.54) is 0 Å². The van der Waals surface area contributed by atoms with E-state index < -0.39 is 0 Å². The van der Waals surface area contributed by atoms with Crippen molar-refractivity contribution in [2.45, 2.75) is 26.3 Å². The van der Waals surface area contributed by atoms with Gasteiger partial charge in [0.1, 0.15) is 0 Å². The van der Waals surface area contributed by atoms with Gasteiger partial charge in [-0.25, -0.2) is 0 Å². The van der Waals surface area contributed by atoms with Crippen molar-refractivity contribution in [2.75, 3.05) is 22.6 Å². The molecule has 1 unspecified atom stereocenters. The fraction of sp³-hybridized carbons (Fsp3) is 0.500. The molecule has 0 spiro atoms. The van der Waals surface area contributed by atoms with Crippen molar-refractivity contribution in [3.8, 4) is 0 Å². The predicted octanol–water partition coefficient (Wildman–Crippen LogP) is 4.52. The van der Waals surface area contributed by atoms with E-state index in [0.717, 1.165) is 23.6 Å². The van der Waals surface area contributed by atoms with Gasteiger partial charge >= 0.3 is 0 Å². The molecule has 0 heterocycles. The summed E-state index contributed by atoms with van der Waals surface area (Å²) in [6.07, 6.45) is 1.08. The molecule has 0 saturated heterocycles. The third-order valence-corrected chi connectivity index (χ3v) is 3.88. The van der Waals surface area contributed by atoms with Crippen LogP contribution in [0.15, 0.2) is 12.1 Å². The lowest BCUT2D eigenvalue weighted by Gasteiger charge is -2.17. The topological polar surface area (TPSA) is 38.0 Å². The molecule has 0 saturated carbocycles. The van der Waals surface area contributed by atoms with Crippen molar-refractivity contribution in [1.29, 1.82) is 0 Å². The van der Waals surface area contributed by atoms with Crippen molar-refractivity contribution in [2.24, 2.45) is 0 Å². The second kappa shape index (κ2) is 7.24. The average molecular weight is 293 g/mol. The zero-order valence-corrected chi connectivity index (χ0v) is 12.4. The quantitative estimate of drug-likeness (QED) is 0.598. The van der Waals surface area contributed by atoms with Crippen LogP contribution in [0.4, 0.5) is 11.4 Å². The highest BCUT2D eigenvalue weighted by atomic mass is 35.5. The number of rotatable bonds is 6. The lowest BCUT2D eigenvalue weighted by Crippen LogP contribution is -2.16. The van der Waals surface area contributed by atoms with Gasteiger partial charge in [-0.15, -0.1) is 0 Å². The molecule has 3 N–H and O–H groups in total. The zero-order valence-electron chi connectivity index (χ0n) is 10.1. The van der Waals surface area contributed by atoms with Crippen LogP contribution in [0.3, 0.4) is 0 Å². The molecule has 17 heavy (non-hydrogen) atoms. The Balaban J connectivity index is 2.61. The molecule has 1 atom stereocenters. The molecule has 0 fully saturated rings. The monoisotopic (exact) mass is 292 g/mol. The summed E-state index contributed by atoms with van der Waals surface area (Å²) in [5.74, 6) is 2.28. The summed E-state index contributed by atoms with van der Waals surface area (Å²) in [4.78, 5) is 0. The summed E-state index contributed by atoms with van der Waals surface area (Å²) in [5.41, 5.74) is 7.02. The zero-order chi connectivity index (χ0) is 12.8. The molecule has 1 aromatic carbocycles. The highest BCUT2D eigenvalue weighted by Crippen LogP contribution is 2.33. The lowest BCUT2D eigenvalue weighted by molar-refractivity contribution is 0.772. The second-order valence-corrected chi connectivity index (χ2v) is 6.10. The van der Waals surface area contributed by atoms with Crippen LogP contribution in [0, 0.1) is 0 Å². The van der Waals surface area contributed by atoms with Crippen molar-refractivity contribution in [3.63, 3.8) is 0 Å². The molecule has 0 radical (unpaired) electrons.